The number of terminal acetylenes is 1. The molecule has 23 heavy (non-hydrogen) atoms. The number of hydrogen-bond acceptors (Lipinski definition) is 3. The van der Waals surface area contributed by atoms with Crippen molar-refractivity contribution < 1.29 is 10.3 Å². The fourth-order valence-corrected chi connectivity index (χ4v) is 6.53. The van der Waals surface area contributed by atoms with Gasteiger partial charge in [-0.1, -0.05) is 23.6 Å². The van der Waals surface area contributed by atoms with E-state index in [4.69, 9.17) is 11.6 Å². The first kappa shape index (κ1) is 15.3. The van der Waals surface area contributed by atoms with Gasteiger partial charge in [0.15, 0.2) is 0 Å². The maximum atomic E-state index is 11.0. The van der Waals surface area contributed by atoms with Crippen LogP contribution in [0, 0.1) is 41.4 Å². The van der Waals surface area contributed by atoms with E-state index in [-0.39, 0.29) is 5.41 Å². The molecule has 6 atom stereocenters. The zero-order chi connectivity index (χ0) is 16.2. The molecule has 0 bridgehead atoms. The Hall–Kier alpha value is -1.27. The van der Waals surface area contributed by atoms with Crippen LogP contribution in [-0.2, 0) is 0 Å². The van der Waals surface area contributed by atoms with Crippen LogP contribution in [0.3, 0.4) is 0 Å². The van der Waals surface area contributed by atoms with Crippen LogP contribution >= 0.6 is 0 Å². The fraction of sp³-hybridized carbons (Fsp3) is 0.750. The molecule has 0 aromatic rings. The second-order valence-corrected chi connectivity index (χ2v) is 8.43. The molecule has 4 aliphatic rings. The van der Waals surface area contributed by atoms with E-state index in [1.165, 1.54) is 18.4 Å². The van der Waals surface area contributed by atoms with E-state index in [1.54, 1.807) is 0 Å². The first-order chi connectivity index (χ1) is 11.0. The summed E-state index contributed by atoms with van der Waals surface area (Å²) in [7, 11) is 0. The SMILES string of the molecule is C#C[C@@]1(O)CC[C@H]2[C@@H]3CCC4=C/C(=N\O)CC[C@@H]4[C@H]3CC[C@@]21C. The molecule has 0 radical (unpaired) electrons. The second kappa shape index (κ2) is 5.11. The number of oxime groups is 1. The lowest BCUT2D eigenvalue weighted by Gasteiger charge is -2.54. The monoisotopic (exact) mass is 313 g/mol. The molecule has 0 heterocycles. The number of hydrogen-bond donors (Lipinski definition) is 2. The van der Waals surface area contributed by atoms with Crippen molar-refractivity contribution in [1.29, 1.82) is 0 Å². The predicted octanol–water partition coefficient (Wildman–Crippen LogP) is 3.75. The van der Waals surface area contributed by atoms with Gasteiger partial charge in [-0.05, 0) is 81.1 Å². The van der Waals surface area contributed by atoms with Crippen molar-refractivity contribution in [2.75, 3.05) is 0 Å². The minimum absolute atomic E-state index is 0.101. The molecule has 2 N–H and O–H groups in total. The summed E-state index contributed by atoms with van der Waals surface area (Å²) in [5.41, 5.74) is 1.34. The molecular weight excluding hydrogens is 286 g/mol. The van der Waals surface area contributed by atoms with E-state index in [2.05, 4.69) is 24.1 Å². The van der Waals surface area contributed by atoms with Crippen LogP contribution in [0.4, 0.5) is 0 Å². The lowest BCUT2D eigenvalue weighted by Crippen LogP contribution is -2.52. The van der Waals surface area contributed by atoms with Gasteiger partial charge in [0.2, 0.25) is 0 Å². The van der Waals surface area contributed by atoms with Crippen LogP contribution in [0.1, 0.15) is 58.3 Å². The quantitative estimate of drug-likeness (QED) is 0.406. The summed E-state index contributed by atoms with van der Waals surface area (Å²) in [6.45, 7) is 2.24. The molecule has 3 fully saturated rings. The van der Waals surface area contributed by atoms with Crippen molar-refractivity contribution >= 4 is 5.71 Å². The molecule has 0 saturated heterocycles. The van der Waals surface area contributed by atoms with Gasteiger partial charge >= 0.3 is 0 Å². The van der Waals surface area contributed by atoms with Crippen molar-refractivity contribution in [1.82, 2.24) is 0 Å². The average Bonchev–Trinajstić information content (AvgIpc) is 2.86. The van der Waals surface area contributed by atoms with Gasteiger partial charge in [0.1, 0.15) is 5.60 Å². The molecule has 3 saturated carbocycles. The number of nitrogens with zero attached hydrogens (tertiary/aromatic N) is 1. The van der Waals surface area contributed by atoms with Gasteiger partial charge < -0.3 is 10.3 Å². The van der Waals surface area contributed by atoms with Crippen LogP contribution in [0.25, 0.3) is 0 Å². The molecular formula is C20H27NO2. The Kier molecular flexibility index (Phi) is 3.39. The first-order valence-electron chi connectivity index (χ1n) is 9.14. The molecule has 4 rings (SSSR count). The highest BCUT2D eigenvalue weighted by Crippen LogP contribution is 2.64. The maximum absolute atomic E-state index is 11.0. The Morgan fingerprint density at radius 2 is 2.00 bits per heavy atom. The van der Waals surface area contributed by atoms with E-state index < -0.39 is 5.60 Å². The van der Waals surface area contributed by atoms with Gasteiger partial charge in [-0.2, -0.15) is 0 Å². The summed E-state index contributed by atoms with van der Waals surface area (Å²) in [6.07, 6.45) is 16.3. The second-order valence-electron chi connectivity index (χ2n) is 8.43. The Morgan fingerprint density at radius 3 is 2.74 bits per heavy atom. The average molecular weight is 313 g/mol. The third-order valence-electron chi connectivity index (χ3n) is 7.83. The molecule has 3 nitrogen and oxygen atoms in total. The van der Waals surface area contributed by atoms with E-state index in [1.807, 2.05) is 0 Å². The van der Waals surface area contributed by atoms with Crippen molar-refractivity contribution in [2.24, 2.45) is 34.2 Å². The number of fused-ring (bicyclic) bond motifs is 5. The largest absolute Gasteiger partial charge is 0.411 e. The van der Waals surface area contributed by atoms with Crippen molar-refractivity contribution in [3.63, 3.8) is 0 Å². The normalized spacial score (nSPS) is 50.5. The van der Waals surface area contributed by atoms with E-state index in [9.17, 15) is 5.11 Å². The van der Waals surface area contributed by atoms with Crippen molar-refractivity contribution in [2.45, 2.75) is 63.9 Å². The van der Waals surface area contributed by atoms with E-state index >= 15 is 0 Å². The van der Waals surface area contributed by atoms with Crippen LogP contribution in [-0.4, -0.2) is 21.6 Å². The summed E-state index contributed by atoms with van der Waals surface area (Å²) in [6, 6.07) is 0. The third kappa shape index (κ3) is 1.97. The van der Waals surface area contributed by atoms with Crippen LogP contribution in [0.2, 0.25) is 0 Å². The smallest absolute Gasteiger partial charge is 0.130 e. The van der Waals surface area contributed by atoms with Gasteiger partial charge in [-0.15, -0.1) is 6.42 Å². The highest BCUT2D eigenvalue weighted by atomic mass is 16.4. The highest BCUT2D eigenvalue weighted by Gasteiger charge is 2.61. The molecule has 4 aliphatic carbocycles. The van der Waals surface area contributed by atoms with Crippen LogP contribution in [0.5, 0.6) is 0 Å². The lowest BCUT2D eigenvalue weighted by atomic mass is 9.50. The number of aliphatic hydroxyl groups is 1. The summed E-state index contributed by atoms with van der Waals surface area (Å²) >= 11 is 0. The van der Waals surface area contributed by atoms with E-state index in [0.717, 1.165) is 50.2 Å². The van der Waals surface area contributed by atoms with Crippen LogP contribution < -0.4 is 0 Å². The van der Waals surface area contributed by atoms with Gasteiger partial charge in [0, 0.05) is 5.41 Å². The lowest BCUT2D eigenvalue weighted by molar-refractivity contribution is -0.0852. The van der Waals surface area contributed by atoms with E-state index in [0.29, 0.717) is 17.8 Å². The summed E-state index contributed by atoms with van der Waals surface area (Å²) in [4.78, 5) is 0. The Balaban J connectivity index is 1.63. The highest BCUT2D eigenvalue weighted by molar-refractivity contribution is 5.96. The standard InChI is InChI=1S/C20H27NO2/c1-3-20(22)11-9-18-17-6-4-13-12-14(21-23)5-7-15(13)16(17)8-10-19(18,20)2/h1,12,15-18,22-23H,4-11H2,2H3/b21-14-/t15-,16+,17+,18-,19-,20+/m0/s1. The Bertz CT molecular complexity index is 616. The summed E-state index contributed by atoms with van der Waals surface area (Å²) in [5.74, 6) is 5.40. The van der Waals surface area contributed by atoms with Gasteiger partial charge in [-0.25, -0.2) is 0 Å². The molecule has 0 spiro atoms. The minimum Gasteiger partial charge on any atom is -0.411 e. The molecule has 0 aromatic heterocycles. The molecule has 0 amide bonds. The third-order valence-corrected chi connectivity index (χ3v) is 7.83. The number of rotatable bonds is 0. The Labute approximate surface area is 138 Å². The predicted molar refractivity (Wildman–Crippen MR) is 90.1 cm³/mol. The van der Waals surface area contributed by atoms with Crippen LogP contribution in [0.15, 0.2) is 16.8 Å². The molecule has 0 unspecified atom stereocenters. The number of allylic oxidation sites excluding steroid dienone is 2. The maximum Gasteiger partial charge on any atom is 0.130 e. The zero-order valence-corrected chi connectivity index (χ0v) is 14.0. The van der Waals surface area contributed by atoms with Crippen molar-refractivity contribution in [3.8, 4) is 12.3 Å². The van der Waals surface area contributed by atoms with Gasteiger partial charge in [0.25, 0.3) is 0 Å². The molecule has 3 heteroatoms. The molecule has 0 aromatic carbocycles. The fourth-order valence-electron chi connectivity index (χ4n) is 6.53. The first-order valence-corrected chi connectivity index (χ1v) is 9.14. The Morgan fingerprint density at radius 1 is 1.17 bits per heavy atom. The zero-order valence-electron chi connectivity index (χ0n) is 14.0. The van der Waals surface area contributed by atoms with Gasteiger partial charge in [-0.3, -0.25) is 0 Å². The summed E-state index contributed by atoms with van der Waals surface area (Å²) < 4.78 is 0. The minimum atomic E-state index is -0.901. The van der Waals surface area contributed by atoms with Gasteiger partial charge in [0.05, 0.1) is 5.71 Å². The molecule has 124 valence electrons. The van der Waals surface area contributed by atoms with Crippen molar-refractivity contribution in [3.05, 3.63) is 11.6 Å². The summed E-state index contributed by atoms with van der Waals surface area (Å²) in [5, 5.41) is 23.4. The topological polar surface area (TPSA) is 52.8 Å². The molecule has 0 aliphatic heterocycles.